The normalized spacial score (nSPS) is 10.3. The van der Waals surface area contributed by atoms with Crippen LogP contribution in [0.2, 0.25) is 0 Å². The molecule has 0 fully saturated rings. The molecule has 0 aliphatic heterocycles. The fourth-order valence-electron chi connectivity index (χ4n) is 2.23. The maximum atomic E-state index is 4.54. The average Bonchev–Trinajstić information content (AvgIpc) is 2.55. The van der Waals surface area contributed by atoms with E-state index in [2.05, 4.69) is 39.6 Å². The van der Waals surface area contributed by atoms with Gasteiger partial charge in [-0.05, 0) is 18.1 Å². The van der Waals surface area contributed by atoms with Crippen LogP contribution >= 0.6 is 0 Å². The SMILES string of the molecule is Cc1nc(NCc2ccccc2)ncc1-c1ccccc1. The number of nitrogens with zero attached hydrogens (tertiary/aromatic N) is 2. The summed E-state index contributed by atoms with van der Waals surface area (Å²) in [5.41, 5.74) is 4.41. The summed E-state index contributed by atoms with van der Waals surface area (Å²) >= 11 is 0. The molecule has 1 aromatic heterocycles. The van der Waals surface area contributed by atoms with Gasteiger partial charge in [-0.1, -0.05) is 60.7 Å². The van der Waals surface area contributed by atoms with Crippen molar-refractivity contribution < 1.29 is 0 Å². The summed E-state index contributed by atoms with van der Waals surface area (Å²) in [4.78, 5) is 8.95. The smallest absolute Gasteiger partial charge is 0.223 e. The molecule has 0 aliphatic carbocycles. The van der Waals surface area contributed by atoms with Gasteiger partial charge >= 0.3 is 0 Å². The van der Waals surface area contributed by atoms with E-state index in [9.17, 15) is 0 Å². The second-order valence-electron chi connectivity index (χ2n) is 4.90. The number of hydrogen-bond acceptors (Lipinski definition) is 3. The monoisotopic (exact) mass is 275 g/mol. The average molecular weight is 275 g/mol. The van der Waals surface area contributed by atoms with E-state index in [0.29, 0.717) is 5.95 Å². The Balaban J connectivity index is 1.76. The molecule has 0 spiro atoms. The van der Waals surface area contributed by atoms with Gasteiger partial charge in [-0.15, -0.1) is 0 Å². The summed E-state index contributed by atoms with van der Waals surface area (Å²) in [6, 6.07) is 20.4. The maximum Gasteiger partial charge on any atom is 0.223 e. The Morgan fingerprint density at radius 1 is 0.905 bits per heavy atom. The lowest BCUT2D eigenvalue weighted by Crippen LogP contribution is -2.04. The van der Waals surface area contributed by atoms with Crippen molar-refractivity contribution >= 4 is 5.95 Å². The van der Waals surface area contributed by atoms with Crippen molar-refractivity contribution in [2.75, 3.05) is 5.32 Å². The molecule has 0 amide bonds. The topological polar surface area (TPSA) is 37.8 Å². The lowest BCUT2D eigenvalue weighted by atomic mass is 10.1. The molecule has 0 aliphatic rings. The van der Waals surface area contributed by atoms with Gasteiger partial charge in [0.05, 0.1) is 5.69 Å². The van der Waals surface area contributed by atoms with E-state index in [1.165, 1.54) is 5.56 Å². The maximum absolute atomic E-state index is 4.54. The number of hydrogen-bond donors (Lipinski definition) is 1. The number of benzene rings is 2. The molecule has 0 saturated heterocycles. The van der Waals surface area contributed by atoms with Gasteiger partial charge in [-0.2, -0.15) is 0 Å². The summed E-state index contributed by atoms with van der Waals surface area (Å²) < 4.78 is 0. The summed E-state index contributed by atoms with van der Waals surface area (Å²) in [7, 11) is 0. The number of aryl methyl sites for hydroxylation is 1. The molecule has 2 aromatic carbocycles. The van der Waals surface area contributed by atoms with Crippen molar-refractivity contribution in [2.24, 2.45) is 0 Å². The molecule has 1 heterocycles. The molecule has 0 saturated carbocycles. The first-order valence-corrected chi connectivity index (χ1v) is 7.00. The minimum Gasteiger partial charge on any atom is -0.350 e. The van der Waals surface area contributed by atoms with Gasteiger partial charge in [0.15, 0.2) is 0 Å². The van der Waals surface area contributed by atoms with Crippen molar-refractivity contribution in [3.63, 3.8) is 0 Å². The van der Waals surface area contributed by atoms with Gasteiger partial charge in [0.1, 0.15) is 0 Å². The Morgan fingerprint density at radius 2 is 1.57 bits per heavy atom. The van der Waals surface area contributed by atoms with Crippen LogP contribution in [0.4, 0.5) is 5.95 Å². The molecular weight excluding hydrogens is 258 g/mol. The zero-order valence-electron chi connectivity index (χ0n) is 12.0. The molecule has 0 unspecified atom stereocenters. The zero-order valence-corrected chi connectivity index (χ0v) is 12.0. The summed E-state index contributed by atoms with van der Waals surface area (Å²) in [5, 5.41) is 3.26. The van der Waals surface area contributed by atoms with E-state index in [1.807, 2.05) is 49.5 Å². The standard InChI is InChI=1S/C18H17N3/c1-14-17(16-10-6-3-7-11-16)13-20-18(21-14)19-12-15-8-4-2-5-9-15/h2-11,13H,12H2,1H3,(H,19,20,21). The fraction of sp³-hybridized carbons (Fsp3) is 0.111. The van der Waals surface area contributed by atoms with Crippen molar-refractivity contribution in [1.82, 2.24) is 9.97 Å². The van der Waals surface area contributed by atoms with Gasteiger partial charge in [0, 0.05) is 18.3 Å². The van der Waals surface area contributed by atoms with Gasteiger partial charge in [-0.3, -0.25) is 0 Å². The second-order valence-corrected chi connectivity index (χ2v) is 4.90. The van der Waals surface area contributed by atoms with E-state index >= 15 is 0 Å². The lowest BCUT2D eigenvalue weighted by molar-refractivity contribution is 1.03. The van der Waals surface area contributed by atoms with E-state index in [4.69, 9.17) is 0 Å². The third-order valence-electron chi connectivity index (χ3n) is 3.36. The lowest BCUT2D eigenvalue weighted by Gasteiger charge is -2.09. The molecule has 3 rings (SSSR count). The Bertz CT molecular complexity index is 709. The minimum atomic E-state index is 0.663. The fourth-order valence-corrected chi connectivity index (χ4v) is 2.23. The number of rotatable bonds is 4. The van der Waals surface area contributed by atoms with Crippen LogP contribution in [0.25, 0.3) is 11.1 Å². The van der Waals surface area contributed by atoms with Crippen LogP contribution in [0.15, 0.2) is 66.9 Å². The Morgan fingerprint density at radius 3 is 2.24 bits per heavy atom. The third-order valence-corrected chi connectivity index (χ3v) is 3.36. The third kappa shape index (κ3) is 3.26. The molecule has 104 valence electrons. The highest BCUT2D eigenvalue weighted by Crippen LogP contribution is 2.21. The quantitative estimate of drug-likeness (QED) is 0.780. The van der Waals surface area contributed by atoms with Crippen molar-refractivity contribution in [1.29, 1.82) is 0 Å². The Hall–Kier alpha value is -2.68. The zero-order chi connectivity index (χ0) is 14.5. The highest BCUT2D eigenvalue weighted by molar-refractivity contribution is 5.65. The van der Waals surface area contributed by atoms with Crippen LogP contribution in [0.3, 0.4) is 0 Å². The van der Waals surface area contributed by atoms with E-state index < -0.39 is 0 Å². The molecule has 0 bridgehead atoms. The van der Waals surface area contributed by atoms with Crippen LogP contribution in [0, 0.1) is 6.92 Å². The molecular formula is C18H17N3. The van der Waals surface area contributed by atoms with Crippen molar-refractivity contribution in [2.45, 2.75) is 13.5 Å². The molecule has 1 N–H and O–H groups in total. The highest BCUT2D eigenvalue weighted by atomic mass is 15.1. The van der Waals surface area contributed by atoms with Crippen LogP contribution in [0.5, 0.6) is 0 Å². The molecule has 3 nitrogen and oxygen atoms in total. The van der Waals surface area contributed by atoms with Crippen LogP contribution in [0.1, 0.15) is 11.3 Å². The number of aromatic nitrogens is 2. The van der Waals surface area contributed by atoms with Crippen LogP contribution in [-0.2, 0) is 6.54 Å². The van der Waals surface area contributed by atoms with E-state index in [-0.39, 0.29) is 0 Å². The molecule has 21 heavy (non-hydrogen) atoms. The van der Waals surface area contributed by atoms with Gasteiger partial charge < -0.3 is 5.32 Å². The summed E-state index contributed by atoms with van der Waals surface area (Å²) in [5.74, 6) is 0.663. The van der Waals surface area contributed by atoms with Crippen LogP contribution in [-0.4, -0.2) is 9.97 Å². The number of nitrogens with one attached hydrogen (secondary N) is 1. The van der Waals surface area contributed by atoms with Gasteiger partial charge in [0.25, 0.3) is 0 Å². The highest BCUT2D eigenvalue weighted by Gasteiger charge is 2.05. The van der Waals surface area contributed by atoms with Crippen LogP contribution < -0.4 is 5.32 Å². The first-order chi connectivity index (χ1) is 10.3. The van der Waals surface area contributed by atoms with Crippen molar-refractivity contribution in [3.8, 4) is 11.1 Å². The molecule has 3 aromatic rings. The predicted octanol–water partition coefficient (Wildman–Crippen LogP) is 4.06. The molecule has 0 radical (unpaired) electrons. The van der Waals surface area contributed by atoms with Gasteiger partial charge in [0.2, 0.25) is 5.95 Å². The number of anilines is 1. The summed E-state index contributed by atoms with van der Waals surface area (Å²) in [6.45, 7) is 2.74. The van der Waals surface area contributed by atoms with Gasteiger partial charge in [-0.25, -0.2) is 9.97 Å². The first kappa shape index (κ1) is 13.3. The molecule has 3 heteroatoms. The molecule has 0 atom stereocenters. The summed E-state index contributed by atoms with van der Waals surface area (Å²) in [6.07, 6.45) is 1.88. The first-order valence-electron chi connectivity index (χ1n) is 7.00. The van der Waals surface area contributed by atoms with Crippen molar-refractivity contribution in [3.05, 3.63) is 78.1 Å². The van der Waals surface area contributed by atoms with E-state index in [0.717, 1.165) is 23.4 Å². The predicted molar refractivity (Wildman–Crippen MR) is 86.0 cm³/mol. The minimum absolute atomic E-state index is 0.663. The Kier molecular flexibility index (Phi) is 3.92. The Labute approximate surface area is 124 Å². The second kappa shape index (κ2) is 6.18. The largest absolute Gasteiger partial charge is 0.350 e. The van der Waals surface area contributed by atoms with E-state index in [1.54, 1.807) is 0 Å².